The van der Waals surface area contributed by atoms with Crippen LogP contribution in [0.3, 0.4) is 0 Å². The largest absolute Gasteiger partial charge is 0.497 e. The maximum Gasteiger partial charge on any atom is 0.224 e. The van der Waals surface area contributed by atoms with Crippen LogP contribution in [0, 0.1) is 0 Å². The fourth-order valence-corrected chi connectivity index (χ4v) is 1.89. The molecule has 0 bridgehead atoms. The number of benzene rings is 2. The lowest BCUT2D eigenvalue weighted by atomic mass is 10.1. The fourth-order valence-electron chi connectivity index (χ4n) is 1.89. The van der Waals surface area contributed by atoms with E-state index in [0.717, 1.165) is 5.69 Å². The van der Waals surface area contributed by atoms with E-state index in [2.05, 4.69) is 5.32 Å². The van der Waals surface area contributed by atoms with Crippen LogP contribution in [0.5, 0.6) is 5.75 Å². The minimum absolute atomic E-state index is 0.0548. The van der Waals surface area contributed by atoms with Crippen LogP contribution < -0.4 is 10.1 Å². The molecule has 0 aromatic heterocycles. The van der Waals surface area contributed by atoms with Gasteiger partial charge < -0.3 is 10.1 Å². The molecular formula is C17H17NO3. The first kappa shape index (κ1) is 14.8. The third-order valence-corrected chi connectivity index (χ3v) is 3.05. The molecule has 108 valence electrons. The Bertz CT molecular complexity index is 606. The van der Waals surface area contributed by atoms with E-state index in [1.165, 1.54) is 0 Å². The van der Waals surface area contributed by atoms with Gasteiger partial charge >= 0.3 is 0 Å². The van der Waals surface area contributed by atoms with Crippen molar-refractivity contribution in [3.63, 3.8) is 0 Å². The summed E-state index contributed by atoms with van der Waals surface area (Å²) >= 11 is 0. The number of ketones is 1. The first-order chi connectivity index (χ1) is 10.2. The highest BCUT2D eigenvalue weighted by atomic mass is 16.5. The van der Waals surface area contributed by atoms with Crippen LogP contribution in [0.25, 0.3) is 0 Å². The lowest BCUT2D eigenvalue weighted by Crippen LogP contribution is -2.13. The SMILES string of the molecule is COc1ccc(C(=O)CCC(=O)Nc2ccccc2)cc1. The second-order valence-electron chi connectivity index (χ2n) is 4.57. The van der Waals surface area contributed by atoms with Crippen LogP contribution in [0.2, 0.25) is 0 Å². The monoisotopic (exact) mass is 283 g/mol. The van der Waals surface area contributed by atoms with Crippen LogP contribution in [-0.4, -0.2) is 18.8 Å². The molecular weight excluding hydrogens is 266 g/mol. The summed E-state index contributed by atoms with van der Waals surface area (Å²) in [5, 5.41) is 2.76. The third kappa shape index (κ3) is 4.45. The molecule has 1 N–H and O–H groups in total. The molecule has 0 fully saturated rings. The van der Waals surface area contributed by atoms with Gasteiger partial charge in [0.15, 0.2) is 5.78 Å². The minimum atomic E-state index is -0.164. The molecule has 4 nitrogen and oxygen atoms in total. The Kier molecular flexibility index (Phi) is 5.10. The number of nitrogens with one attached hydrogen (secondary N) is 1. The molecule has 0 saturated carbocycles. The highest BCUT2D eigenvalue weighted by Gasteiger charge is 2.09. The van der Waals surface area contributed by atoms with Crippen molar-refractivity contribution in [3.05, 3.63) is 60.2 Å². The normalized spacial score (nSPS) is 9.95. The molecule has 0 unspecified atom stereocenters. The zero-order valence-electron chi connectivity index (χ0n) is 11.8. The predicted octanol–water partition coefficient (Wildman–Crippen LogP) is 3.30. The Morgan fingerprint density at radius 3 is 2.24 bits per heavy atom. The van der Waals surface area contributed by atoms with E-state index in [-0.39, 0.29) is 24.5 Å². The number of amides is 1. The van der Waals surface area contributed by atoms with Crippen LogP contribution in [0.15, 0.2) is 54.6 Å². The van der Waals surface area contributed by atoms with E-state index in [1.807, 2.05) is 30.3 Å². The number of ether oxygens (including phenoxy) is 1. The number of para-hydroxylation sites is 1. The second-order valence-corrected chi connectivity index (χ2v) is 4.57. The Hall–Kier alpha value is -2.62. The van der Waals surface area contributed by atoms with Crippen molar-refractivity contribution in [1.82, 2.24) is 0 Å². The molecule has 2 aromatic carbocycles. The van der Waals surface area contributed by atoms with E-state index in [4.69, 9.17) is 4.74 Å². The minimum Gasteiger partial charge on any atom is -0.497 e. The number of hydrogen-bond donors (Lipinski definition) is 1. The number of carbonyl (C=O) groups is 2. The van der Waals surface area contributed by atoms with Gasteiger partial charge in [-0.25, -0.2) is 0 Å². The van der Waals surface area contributed by atoms with E-state index < -0.39 is 0 Å². The molecule has 0 radical (unpaired) electrons. The Morgan fingerprint density at radius 1 is 0.952 bits per heavy atom. The van der Waals surface area contributed by atoms with Crippen molar-refractivity contribution in [3.8, 4) is 5.75 Å². The van der Waals surface area contributed by atoms with Gasteiger partial charge in [-0.2, -0.15) is 0 Å². The van der Waals surface area contributed by atoms with Gasteiger partial charge in [0.25, 0.3) is 0 Å². The van der Waals surface area contributed by atoms with E-state index in [0.29, 0.717) is 11.3 Å². The Labute approximate surface area is 123 Å². The number of methoxy groups -OCH3 is 1. The molecule has 2 rings (SSSR count). The lowest BCUT2D eigenvalue weighted by molar-refractivity contribution is -0.116. The maximum atomic E-state index is 12.0. The van der Waals surface area contributed by atoms with Gasteiger partial charge in [-0.1, -0.05) is 18.2 Å². The maximum absolute atomic E-state index is 12.0. The smallest absolute Gasteiger partial charge is 0.224 e. The molecule has 0 heterocycles. The van der Waals surface area contributed by atoms with Crippen LogP contribution in [0.1, 0.15) is 23.2 Å². The third-order valence-electron chi connectivity index (χ3n) is 3.05. The molecule has 4 heteroatoms. The van der Waals surface area contributed by atoms with Gasteiger partial charge in [-0.05, 0) is 36.4 Å². The fraction of sp³-hybridized carbons (Fsp3) is 0.176. The van der Waals surface area contributed by atoms with Gasteiger partial charge in [0.05, 0.1) is 7.11 Å². The second kappa shape index (κ2) is 7.24. The Balaban J connectivity index is 1.84. The first-order valence-electron chi connectivity index (χ1n) is 6.71. The summed E-state index contributed by atoms with van der Waals surface area (Å²) < 4.78 is 5.04. The molecule has 0 saturated heterocycles. The lowest BCUT2D eigenvalue weighted by Gasteiger charge is -2.05. The van der Waals surface area contributed by atoms with Crippen molar-refractivity contribution < 1.29 is 14.3 Å². The van der Waals surface area contributed by atoms with Gasteiger partial charge in [0, 0.05) is 24.1 Å². The van der Waals surface area contributed by atoms with Crippen molar-refractivity contribution in [2.24, 2.45) is 0 Å². The summed E-state index contributed by atoms with van der Waals surface area (Å²) in [5.41, 5.74) is 1.32. The Morgan fingerprint density at radius 2 is 1.62 bits per heavy atom. The summed E-state index contributed by atoms with van der Waals surface area (Å²) in [6.07, 6.45) is 0.352. The summed E-state index contributed by atoms with van der Waals surface area (Å²) in [4.78, 5) is 23.7. The van der Waals surface area contributed by atoms with Crippen molar-refractivity contribution in [1.29, 1.82) is 0 Å². The van der Waals surface area contributed by atoms with Crippen LogP contribution >= 0.6 is 0 Å². The average Bonchev–Trinajstić information content (AvgIpc) is 2.53. The molecule has 0 atom stereocenters. The predicted molar refractivity (Wildman–Crippen MR) is 81.6 cm³/mol. The molecule has 1 amide bonds. The highest BCUT2D eigenvalue weighted by Crippen LogP contribution is 2.14. The van der Waals surface area contributed by atoms with Crippen LogP contribution in [-0.2, 0) is 4.79 Å². The van der Waals surface area contributed by atoms with E-state index >= 15 is 0 Å². The van der Waals surface area contributed by atoms with Gasteiger partial charge in [0.2, 0.25) is 5.91 Å². The van der Waals surface area contributed by atoms with Crippen LogP contribution in [0.4, 0.5) is 5.69 Å². The van der Waals surface area contributed by atoms with E-state index in [1.54, 1.807) is 31.4 Å². The molecule has 0 aliphatic heterocycles. The standard InChI is InChI=1S/C17H17NO3/c1-21-15-9-7-13(8-10-15)16(19)11-12-17(20)18-14-5-3-2-4-6-14/h2-10H,11-12H2,1H3,(H,18,20). The van der Waals surface area contributed by atoms with E-state index in [9.17, 15) is 9.59 Å². The summed E-state index contributed by atoms with van der Waals surface area (Å²) in [6, 6.07) is 16.1. The number of hydrogen-bond acceptors (Lipinski definition) is 3. The summed E-state index contributed by atoms with van der Waals surface area (Å²) in [7, 11) is 1.57. The van der Waals surface area contributed by atoms with Gasteiger partial charge in [-0.15, -0.1) is 0 Å². The van der Waals surface area contributed by atoms with Crippen molar-refractivity contribution in [2.45, 2.75) is 12.8 Å². The quantitative estimate of drug-likeness (QED) is 0.828. The number of Topliss-reactive ketones (excluding diaryl/α,β-unsaturated/α-hetero) is 1. The molecule has 0 aliphatic carbocycles. The molecule has 0 aliphatic rings. The zero-order chi connectivity index (χ0) is 15.1. The van der Waals surface area contributed by atoms with Gasteiger partial charge in [0.1, 0.15) is 5.75 Å². The highest BCUT2D eigenvalue weighted by molar-refractivity contribution is 6.00. The van der Waals surface area contributed by atoms with Crippen molar-refractivity contribution >= 4 is 17.4 Å². The van der Waals surface area contributed by atoms with Gasteiger partial charge in [-0.3, -0.25) is 9.59 Å². The molecule has 0 spiro atoms. The number of anilines is 1. The summed E-state index contributed by atoms with van der Waals surface area (Å²) in [6.45, 7) is 0. The first-order valence-corrected chi connectivity index (χ1v) is 6.71. The molecule has 21 heavy (non-hydrogen) atoms. The van der Waals surface area contributed by atoms with Crippen molar-refractivity contribution in [2.75, 3.05) is 12.4 Å². The zero-order valence-corrected chi connectivity index (χ0v) is 11.8. The topological polar surface area (TPSA) is 55.4 Å². The number of rotatable bonds is 6. The number of carbonyl (C=O) groups excluding carboxylic acids is 2. The average molecular weight is 283 g/mol. The summed E-state index contributed by atoms with van der Waals surface area (Å²) in [5.74, 6) is 0.484. The molecule has 2 aromatic rings.